The molecule has 0 spiro atoms. The van der Waals surface area contributed by atoms with Crippen molar-refractivity contribution in [1.82, 2.24) is 0 Å². The first-order valence-corrected chi connectivity index (χ1v) is 10.3. The Morgan fingerprint density at radius 2 is 1.44 bits per heavy atom. The third kappa shape index (κ3) is 3.09. The SMILES string of the molecule is COc1ccc(OC)c([C@@H]2[C@H]3C(=O)N(c4ccccc4)C(=O)[C@H]3ON2c2ccccc2)c1. The molecular formula is C25H22N2O5. The van der Waals surface area contributed by atoms with Gasteiger partial charge in [-0.15, -0.1) is 0 Å². The molecule has 0 unspecified atom stereocenters. The zero-order valence-electron chi connectivity index (χ0n) is 17.7. The van der Waals surface area contributed by atoms with E-state index >= 15 is 0 Å². The second-order valence-corrected chi connectivity index (χ2v) is 7.61. The Balaban J connectivity index is 1.64. The molecule has 3 atom stereocenters. The Bertz CT molecular complexity index is 1150. The lowest BCUT2D eigenvalue weighted by Gasteiger charge is -2.29. The van der Waals surface area contributed by atoms with Crippen LogP contribution >= 0.6 is 0 Å². The van der Waals surface area contributed by atoms with Crippen LogP contribution in [0.2, 0.25) is 0 Å². The molecule has 2 fully saturated rings. The molecule has 3 aromatic carbocycles. The van der Waals surface area contributed by atoms with Crippen molar-refractivity contribution in [3.8, 4) is 11.5 Å². The number of rotatable bonds is 5. The quantitative estimate of drug-likeness (QED) is 0.575. The smallest absolute Gasteiger partial charge is 0.266 e. The van der Waals surface area contributed by atoms with Crippen molar-refractivity contribution in [2.75, 3.05) is 24.2 Å². The van der Waals surface area contributed by atoms with Gasteiger partial charge < -0.3 is 9.47 Å². The molecule has 32 heavy (non-hydrogen) atoms. The van der Waals surface area contributed by atoms with Gasteiger partial charge in [0.05, 0.1) is 25.6 Å². The van der Waals surface area contributed by atoms with Crippen LogP contribution in [0.3, 0.4) is 0 Å². The fourth-order valence-electron chi connectivity index (χ4n) is 4.43. The normalized spacial score (nSPS) is 22.2. The predicted molar refractivity (Wildman–Crippen MR) is 119 cm³/mol. The molecule has 0 N–H and O–H groups in total. The maximum absolute atomic E-state index is 13.6. The molecule has 0 saturated carbocycles. The van der Waals surface area contributed by atoms with Gasteiger partial charge in [0.1, 0.15) is 23.5 Å². The molecule has 0 aromatic heterocycles. The third-order valence-corrected chi connectivity index (χ3v) is 5.90. The van der Waals surface area contributed by atoms with E-state index in [1.54, 1.807) is 55.7 Å². The summed E-state index contributed by atoms with van der Waals surface area (Å²) in [4.78, 5) is 34.4. The third-order valence-electron chi connectivity index (χ3n) is 5.90. The highest BCUT2D eigenvalue weighted by Crippen LogP contribution is 2.50. The first kappa shape index (κ1) is 20.1. The van der Waals surface area contributed by atoms with Gasteiger partial charge in [0.15, 0.2) is 6.10 Å². The second kappa shape index (κ2) is 8.01. The molecule has 2 amide bonds. The Morgan fingerprint density at radius 1 is 0.781 bits per heavy atom. The Hall–Kier alpha value is -3.84. The molecule has 5 rings (SSSR count). The van der Waals surface area contributed by atoms with Gasteiger partial charge in [-0.2, -0.15) is 0 Å². The van der Waals surface area contributed by atoms with Crippen molar-refractivity contribution >= 4 is 23.2 Å². The number of carbonyl (C=O) groups is 2. The van der Waals surface area contributed by atoms with Gasteiger partial charge in [-0.3, -0.25) is 14.4 Å². The van der Waals surface area contributed by atoms with Gasteiger partial charge >= 0.3 is 0 Å². The van der Waals surface area contributed by atoms with Crippen LogP contribution < -0.4 is 19.4 Å². The largest absolute Gasteiger partial charge is 0.497 e. The van der Waals surface area contributed by atoms with Crippen molar-refractivity contribution < 1.29 is 23.9 Å². The van der Waals surface area contributed by atoms with E-state index in [2.05, 4.69) is 0 Å². The summed E-state index contributed by atoms with van der Waals surface area (Å²) in [5.41, 5.74) is 1.98. The molecule has 3 aromatic rings. The summed E-state index contributed by atoms with van der Waals surface area (Å²) in [7, 11) is 3.15. The van der Waals surface area contributed by atoms with Crippen LogP contribution in [-0.4, -0.2) is 32.1 Å². The number of imide groups is 1. The summed E-state index contributed by atoms with van der Waals surface area (Å²) in [6.45, 7) is 0. The van der Waals surface area contributed by atoms with Crippen LogP contribution in [0.4, 0.5) is 11.4 Å². The number of anilines is 2. The number of carbonyl (C=O) groups excluding carboxylic acids is 2. The highest BCUT2D eigenvalue weighted by atomic mass is 16.7. The minimum Gasteiger partial charge on any atom is -0.497 e. The minimum absolute atomic E-state index is 0.306. The number of hydrogen-bond donors (Lipinski definition) is 0. The lowest BCUT2D eigenvalue weighted by atomic mass is 9.89. The fraction of sp³-hybridized carbons (Fsp3) is 0.200. The predicted octanol–water partition coefficient (Wildman–Crippen LogP) is 3.75. The van der Waals surface area contributed by atoms with Gasteiger partial charge in [0, 0.05) is 5.56 Å². The van der Waals surface area contributed by atoms with Gasteiger partial charge in [-0.1, -0.05) is 36.4 Å². The van der Waals surface area contributed by atoms with E-state index in [1.807, 2.05) is 42.5 Å². The minimum atomic E-state index is -0.941. The summed E-state index contributed by atoms with van der Waals surface area (Å²) in [6.07, 6.45) is -0.941. The number of hydrogen-bond acceptors (Lipinski definition) is 6. The van der Waals surface area contributed by atoms with Crippen LogP contribution in [0.25, 0.3) is 0 Å². The number of hydroxylamine groups is 1. The molecule has 7 heteroatoms. The van der Waals surface area contributed by atoms with Crippen molar-refractivity contribution in [3.05, 3.63) is 84.4 Å². The standard InChI is InChI=1S/C25H22N2O5/c1-30-18-13-14-20(31-2)19(15-18)22-21-23(32-27(22)17-11-7-4-8-12-17)25(29)26(24(21)28)16-9-5-3-6-10-16/h3-15,21-23H,1-2H3/t21-,22-,23+/m1/s1. The van der Waals surface area contributed by atoms with Crippen LogP contribution in [0, 0.1) is 5.92 Å². The van der Waals surface area contributed by atoms with Gasteiger partial charge in [0.25, 0.3) is 5.91 Å². The summed E-state index contributed by atoms with van der Waals surface area (Å²) >= 11 is 0. The highest BCUT2D eigenvalue weighted by molar-refractivity contribution is 6.23. The summed E-state index contributed by atoms with van der Waals surface area (Å²) in [5, 5.41) is 1.64. The summed E-state index contributed by atoms with van der Waals surface area (Å²) in [6, 6.07) is 23.2. The average Bonchev–Trinajstić information content (AvgIpc) is 3.35. The summed E-state index contributed by atoms with van der Waals surface area (Å²) < 4.78 is 11.0. The van der Waals surface area contributed by atoms with Crippen LogP contribution in [0.1, 0.15) is 11.6 Å². The number of nitrogens with zero attached hydrogens (tertiary/aromatic N) is 2. The first-order chi connectivity index (χ1) is 15.6. The second-order valence-electron chi connectivity index (χ2n) is 7.61. The van der Waals surface area contributed by atoms with Crippen molar-refractivity contribution in [2.24, 2.45) is 5.92 Å². The fourth-order valence-corrected chi connectivity index (χ4v) is 4.43. The van der Waals surface area contributed by atoms with Crippen molar-refractivity contribution in [2.45, 2.75) is 12.1 Å². The van der Waals surface area contributed by atoms with E-state index in [9.17, 15) is 9.59 Å². The van der Waals surface area contributed by atoms with Crippen molar-refractivity contribution in [3.63, 3.8) is 0 Å². The van der Waals surface area contributed by atoms with E-state index < -0.39 is 18.1 Å². The maximum Gasteiger partial charge on any atom is 0.266 e. The van der Waals surface area contributed by atoms with Crippen molar-refractivity contribution in [1.29, 1.82) is 0 Å². The molecule has 0 bridgehead atoms. The van der Waals surface area contributed by atoms with E-state index in [-0.39, 0.29) is 11.8 Å². The Kier molecular flexibility index (Phi) is 5.03. The molecular weight excluding hydrogens is 408 g/mol. The molecule has 0 radical (unpaired) electrons. The van der Waals surface area contributed by atoms with Crippen LogP contribution in [-0.2, 0) is 14.4 Å². The number of amides is 2. The zero-order chi connectivity index (χ0) is 22.2. The highest BCUT2D eigenvalue weighted by Gasteiger charge is 2.60. The molecule has 2 aliphatic heterocycles. The number of methoxy groups -OCH3 is 2. The molecule has 2 aliphatic rings. The lowest BCUT2D eigenvalue weighted by Crippen LogP contribution is -2.37. The average molecular weight is 430 g/mol. The van der Waals surface area contributed by atoms with Gasteiger partial charge in [-0.25, -0.2) is 9.96 Å². The molecule has 162 valence electrons. The number of para-hydroxylation sites is 2. The zero-order valence-corrected chi connectivity index (χ0v) is 17.7. The Labute approximate surface area is 185 Å². The topological polar surface area (TPSA) is 68.3 Å². The van der Waals surface area contributed by atoms with Gasteiger partial charge in [-0.05, 0) is 42.5 Å². The van der Waals surface area contributed by atoms with E-state index in [0.717, 1.165) is 5.69 Å². The lowest BCUT2D eigenvalue weighted by molar-refractivity contribution is -0.126. The molecule has 7 nitrogen and oxygen atoms in total. The number of fused-ring (bicyclic) bond motifs is 1. The van der Waals surface area contributed by atoms with Gasteiger partial charge in [0.2, 0.25) is 5.91 Å². The number of ether oxygens (including phenoxy) is 2. The Morgan fingerprint density at radius 3 is 2.06 bits per heavy atom. The molecule has 0 aliphatic carbocycles. The maximum atomic E-state index is 13.6. The number of benzene rings is 3. The van der Waals surface area contributed by atoms with Crippen LogP contribution in [0.15, 0.2) is 78.9 Å². The first-order valence-electron chi connectivity index (χ1n) is 10.3. The van der Waals surface area contributed by atoms with E-state index in [0.29, 0.717) is 22.7 Å². The molecule has 2 heterocycles. The van der Waals surface area contributed by atoms with Crippen LogP contribution in [0.5, 0.6) is 11.5 Å². The monoisotopic (exact) mass is 430 g/mol. The van der Waals surface area contributed by atoms with E-state index in [1.165, 1.54) is 4.90 Å². The summed E-state index contributed by atoms with van der Waals surface area (Å²) in [5.74, 6) is -0.228. The van der Waals surface area contributed by atoms with E-state index in [4.69, 9.17) is 14.3 Å². The molecule has 2 saturated heterocycles.